The first-order chi connectivity index (χ1) is 9.08. The molecule has 1 aromatic carbocycles. The number of nitrogens with one attached hydrogen (secondary N) is 1. The SMILES string of the molecule is Cn1ccnc1CNCc1cc(Cl)ccc1[N+](=O)[O-]. The van der Waals surface area contributed by atoms with Crippen molar-refractivity contribution in [1.82, 2.24) is 14.9 Å². The van der Waals surface area contributed by atoms with Crippen LogP contribution in [-0.2, 0) is 20.1 Å². The molecule has 0 bridgehead atoms. The van der Waals surface area contributed by atoms with Gasteiger partial charge in [-0.25, -0.2) is 4.98 Å². The predicted octanol–water partition coefficient (Wildman–Crippen LogP) is 2.27. The van der Waals surface area contributed by atoms with Gasteiger partial charge in [-0.2, -0.15) is 0 Å². The van der Waals surface area contributed by atoms with E-state index in [0.717, 1.165) is 5.82 Å². The van der Waals surface area contributed by atoms with Gasteiger partial charge < -0.3 is 9.88 Å². The van der Waals surface area contributed by atoms with Crippen molar-refractivity contribution in [2.45, 2.75) is 13.1 Å². The Morgan fingerprint density at radius 2 is 2.26 bits per heavy atom. The molecule has 0 aliphatic rings. The maximum absolute atomic E-state index is 10.9. The summed E-state index contributed by atoms with van der Waals surface area (Å²) in [6, 6.07) is 4.53. The van der Waals surface area contributed by atoms with Gasteiger partial charge in [0.1, 0.15) is 5.82 Å². The summed E-state index contributed by atoms with van der Waals surface area (Å²) in [5, 5.41) is 14.5. The molecule has 0 spiro atoms. The molecule has 0 unspecified atom stereocenters. The van der Waals surface area contributed by atoms with Crippen LogP contribution in [0.5, 0.6) is 0 Å². The molecule has 100 valence electrons. The van der Waals surface area contributed by atoms with E-state index in [4.69, 9.17) is 11.6 Å². The maximum atomic E-state index is 10.9. The molecule has 0 aliphatic heterocycles. The Bertz CT molecular complexity index is 597. The number of aryl methyl sites for hydroxylation is 1. The zero-order valence-electron chi connectivity index (χ0n) is 10.3. The van der Waals surface area contributed by atoms with Gasteiger partial charge in [0.2, 0.25) is 0 Å². The van der Waals surface area contributed by atoms with Crippen LogP contribution in [0.1, 0.15) is 11.4 Å². The fraction of sp³-hybridized carbons (Fsp3) is 0.250. The highest BCUT2D eigenvalue weighted by molar-refractivity contribution is 6.30. The van der Waals surface area contributed by atoms with E-state index in [2.05, 4.69) is 10.3 Å². The zero-order chi connectivity index (χ0) is 13.8. The second kappa shape index (κ2) is 5.81. The monoisotopic (exact) mass is 280 g/mol. The number of hydrogen-bond donors (Lipinski definition) is 1. The molecule has 2 rings (SSSR count). The number of nitro groups is 1. The van der Waals surface area contributed by atoms with E-state index in [1.54, 1.807) is 12.3 Å². The van der Waals surface area contributed by atoms with Crippen LogP contribution in [0, 0.1) is 10.1 Å². The van der Waals surface area contributed by atoms with E-state index >= 15 is 0 Å². The van der Waals surface area contributed by atoms with Gasteiger partial charge in [0.05, 0.1) is 11.5 Å². The van der Waals surface area contributed by atoms with Crippen LogP contribution in [0.15, 0.2) is 30.6 Å². The summed E-state index contributed by atoms with van der Waals surface area (Å²) in [6.07, 6.45) is 3.55. The van der Waals surface area contributed by atoms with Crippen molar-refractivity contribution in [3.63, 3.8) is 0 Å². The third-order valence-electron chi connectivity index (χ3n) is 2.76. The minimum atomic E-state index is -0.409. The summed E-state index contributed by atoms with van der Waals surface area (Å²) in [5.74, 6) is 0.865. The van der Waals surface area contributed by atoms with Gasteiger partial charge in [-0.05, 0) is 12.1 Å². The lowest BCUT2D eigenvalue weighted by molar-refractivity contribution is -0.385. The summed E-state index contributed by atoms with van der Waals surface area (Å²) >= 11 is 5.86. The van der Waals surface area contributed by atoms with Crippen molar-refractivity contribution in [3.8, 4) is 0 Å². The molecule has 1 heterocycles. The summed E-state index contributed by atoms with van der Waals surface area (Å²) in [5.41, 5.74) is 0.628. The highest BCUT2D eigenvalue weighted by Gasteiger charge is 2.13. The van der Waals surface area contributed by atoms with Crippen LogP contribution in [0.3, 0.4) is 0 Å². The number of benzene rings is 1. The molecule has 19 heavy (non-hydrogen) atoms. The Kier molecular flexibility index (Phi) is 4.13. The predicted molar refractivity (Wildman–Crippen MR) is 71.9 cm³/mol. The average molecular weight is 281 g/mol. The number of imidazole rings is 1. The number of nitrogens with zero attached hydrogens (tertiary/aromatic N) is 3. The van der Waals surface area contributed by atoms with E-state index in [-0.39, 0.29) is 5.69 Å². The lowest BCUT2D eigenvalue weighted by Gasteiger charge is -2.06. The van der Waals surface area contributed by atoms with Crippen molar-refractivity contribution in [2.75, 3.05) is 0 Å². The quantitative estimate of drug-likeness (QED) is 0.673. The molecule has 2 aromatic rings. The average Bonchev–Trinajstić information content (AvgIpc) is 2.75. The smallest absolute Gasteiger partial charge is 0.273 e. The van der Waals surface area contributed by atoms with Crippen molar-refractivity contribution < 1.29 is 4.92 Å². The van der Waals surface area contributed by atoms with Crippen molar-refractivity contribution in [3.05, 3.63) is 57.1 Å². The highest BCUT2D eigenvalue weighted by atomic mass is 35.5. The normalized spacial score (nSPS) is 10.6. The third-order valence-corrected chi connectivity index (χ3v) is 2.99. The van der Waals surface area contributed by atoms with Crippen LogP contribution in [0.25, 0.3) is 0 Å². The Morgan fingerprint density at radius 1 is 1.47 bits per heavy atom. The Labute approximate surface area is 115 Å². The molecular weight excluding hydrogens is 268 g/mol. The number of halogens is 1. The van der Waals surface area contributed by atoms with Gasteiger partial charge in [0.15, 0.2) is 0 Å². The van der Waals surface area contributed by atoms with Crippen LogP contribution in [0.4, 0.5) is 5.69 Å². The highest BCUT2D eigenvalue weighted by Crippen LogP contribution is 2.22. The van der Waals surface area contributed by atoms with Crippen LogP contribution in [0.2, 0.25) is 5.02 Å². The topological polar surface area (TPSA) is 73.0 Å². The van der Waals surface area contributed by atoms with Gasteiger partial charge in [-0.15, -0.1) is 0 Å². The minimum Gasteiger partial charge on any atom is -0.337 e. The number of nitro benzene ring substituents is 1. The number of hydrogen-bond acceptors (Lipinski definition) is 4. The van der Waals surface area contributed by atoms with Crippen LogP contribution >= 0.6 is 11.6 Å². The van der Waals surface area contributed by atoms with Crippen molar-refractivity contribution >= 4 is 17.3 Å². The fourth-order valence-corrected chi connectivity index (χ4v) is 1.94. The van der Waals surface area contributed by atoms with E-state index < -0.39 is 4.92 Å². The zero-order valence-corrected chi connectivity index (χ0v) is 11.1. The molecule has 0 saturated carbocycles. The second-order valence-electron chi connectivity index (χ2n) is 4.09. The van der Waals surface area contributed by atoms with Gasteiger partial charge in [0.25, 0.3) is 5.69 Å². The summed E-state index contributed by atoms with van der Waals surface area (Å²) < 4.78 is 1.89. The van der Waals surface area contributed by atoms with Crippen LogP contribution < -0.4 is 5.32 Å². The van der Waals surface area contributed by atoms with Crippen molar-refractivity contribution in [2.24, 2.45) is 7.05 Å². The summed E-state index contributed by atoms with van der Waals surface area (Å²) in [6.45, 7) is 0.900. The standard InChI is InChI=1S/C12H13ClN4O2/c1-16-5-4-15-12(16)8-14-7-9-6-10(13)2-3-11(9)17(18)19/h2-6,14H,7-8H2,1H3. The van der Waals surface area contributed by atoms with E-state index in [1.165, 1.54) is 12.1 Å². The van der Waals surface area contributed by atoms with Gasteiger partial charge in [-0.1, -0.05) is 11.6 Å². The van der Waals surface area contributed by atoms with Crippen molar-refractivity contribution in [1.29, 1.82) is 0 Å². The first kappa shape index (κ1) is 13.5. The Balaban J connectivity index is 2.05. The molecule has 0 aliphatic carbocycles. The molecule has 0 fully saturated rings. The first-order valence-corrected chi connectivity index (χ1v) is 6.05. The van der Waals surface area contributed by atoms with E-state index in [0.29, 0.717) is 23.7 Å². The molecule has 0 radical (unpaired) electrons. The van der Waals surface area contributed by atoms with Gasteiger partial charge >= 0.3 is 0 Å². The largest absolute Gasteiger partial charge is 0.337 e. The first-order valence-electron chi connectivity index (χ1n) is 5.67. The molecule has 6 nitrogen and oxygen atoms in total. The van der Waals surface area contributed by atoms with Gasteiger partial charge in [-0.3, -0.25) is 10.1 Å². The molecule has 7 heteroatoms. The minimum absolute atomic E-state index is 0.0664. The lowest BCUT2D eigenvalue weighted by atomic mass is 10.2. The second-order valence-corrected chi connectivity index (χ2v) is 4.52. The van der Waals surface area contributed by atoms with Crippen LogP contribution in [-0.4, -0.2) is 14.5 Å². The summed E-state index contributed by atoms with van der Waals surface area (Å²) in [7, 11) is 1.89. The van der Waals surface area contributed by atoms with Gasteiger partial charge in [0, 0.05) is 42.6 Å². The Morgan fingerprint density at radius 3 is 2.89 bits per heavy atom. The third kappa shape index (κ3) is 3.30. The molecule has 0 saturated heterocycles. The number of aromatic nitrogens is 2. The molecule has 0 atom stereocenters. The number of rotatable bonds is 5. The molecule has 0 amide bonds. The molecule has 1 N–H and O–H groups in total. The molecular formula is C12H13ClN4O2. The van der Waals surface area contributed by atoms with E-state index in [9.17, 15) is 10.1 Å². The Hall–Kier alpha value is -1.92. The lowest BCUT2D eigenvalue weighted by Crippen LogP contribution is -2.16. The summed E-state index contributed by atoms with van der Waals surface area (Å²) in [4.78, 5) is 14.7. The maximum Gasteiger partial charge on any atom is 0.273 e. The van der Waals surface area contributed by atoms with E-state index in [1.807, 2.05) is 17.8 Å². The molecule has 1 aromatic heterocycles. The fourth-order valence-electron chi connectivity index (χ4n) is 1.75.